The predicted octanol–water partition coefficient (Wildman–Crippen LogP) is -0.270. The molecule has 1 aromatic heterocycles. The molecule has 9 heteroatoms. The molecule has 8 nitrogen and oxygen atoms in total. The van der Waals surface area contributed by atoms with Crippen LogP contribution < -0.4 is 0 Å². The maximum absolute atomic E-state index is 12.8. The second-order valence-corrected chi connectivity index (χ2v) is 7.45. The summed E-state index contributed by atoms with van der Waals surface area (Å²) in [5, 5.41) is 8.79. The Labute approximate surface area is 122 Å². The molecule has 3 heterocycles. The van der Waals surface area contributed by atoms with E-state index in [9.17, 15) is 18.3 Å². The van der Waals surface area contributed by atoms with E-state index >= 15 is 0 Å². The van der Waals surface area contributed by atoms with E-state index in [2.05, 4.69) is 9.97 Å². The van der Waals surface area contributed by atoms with Crippen LogP contribution in [0, 0.1) is 0 Å². The van der Waals surface area contributed by atoms with Crippen molar-refractivity contribution in [3.8, 4) is 0 Å². The Kier molecular flexibility index (Phi) is 3.72. The fraction of sp³-hybridized carbons (Fsp3) is 0.667. The fourth-order valence-electron chi connectivity index (χ4n) is 2.86. The summed E-state index contributed by atoms with van der Waals surface area (Å²) in [5.74, 6) is -1.14. The lowest BCUT2D eigenvalue weighted by atomic mass is 10.1. The topological polar surface area (TPSA) is 113 Å². The van der Waals surface area contributed by atoms with Crippen molar-refractivity contribution in [2.75, 3.05) is 13.2 Å². The number of aromatic nitrogens is 2. The quantitative estimate of drug-likeness (QED) is 0.794. The zero-order chi connectivity index (χ0) is 15.0. The van der Waals surface area contributed by atoms with E-state index in [-0.39, 0.29) is 13.0 Å². The second-order valence-electron chi connectivity index (χ2n) is 5.29. The van der Waals surface area contributed by atoms with Gasteiger partial charge in [-0.3, -0.25) is 4.79 Å². The summed E-state index contributed by atoms with van der Waals surface area (Å²) >= 11 is 0. The molecule has 1 atom stereocenters. The number of imidazole rings is 1. The molecule has 2 aliphatic heterocycles. The van der Waals surface area contributed by atoms with E-state index < -0.39 is 27.3 Å². The normalized spacial score (nSPS) is 24.7. The van der Waals surface area contributed by atoms with E-state index in [0.29, 0.717) is 37.4 Å². The minimum Gasteiger partial charge on any atom is -0.480 e. The largest absolute Gasteiger partial charge is 0.480 e. The van der Waals surface area contributed by atoms with Crippen LogP contribution in [-0.4, -0.2) is 58.3 Å². The monoisotopic (exact) mass is 315 g/mol. The number of hydrogen-bond acceptors (Lipinski definition) is 5. The summed E-state index contributed by atoms with van der Waals surface area (Å²) in [6, 6.07) is -1.09. The van der Waals surface area contributed by atoms with Crippen LogP contribution >= 0.6 is 0 Å². The van der Waals surface area contributed by atoms with Crippen molar-refractivity contribution in [3.63, 3.8) is 0 Å². The van der Waals surface area contributed by atoms with Gasteiger partial charge in [-0.2, -0.15) is 4.31 Å². The van der Waals surface area contributed by atoms with Crippen LogP contribution in [0.3, 0.4) is 0 Å². The molecule has 0 saturated carbocycles. The highest BCUT2D eigenvalue weighted by Crippen LogP contribution is 2.28. The Morgan fingerprint density at radius 2 is 2.14 bits per heavy atom. The minimum atomic E-state index is -3.68. The molecule has 2 N–H and O–H groups in total. The zero-order valence-corrected chi connectivity index (χ0v) is 12.2. The number of hydrogen-bond donors (Lipinski definition) is 2. The summed E-state index contributed by atoms with van der Waals surface area (Å²) in [7, 11) is -3.68. The van der Waals surface area contributed by atoms with Crippen molar-refractivity contribution in [2.45, 2.75) is 37.1 Å². The number of carboxylic acid groups (broad SMARTS) is 1. The van der Waals surface area contributed by atoms with Gasteiger partial charge in [-0.1, -0.05) is 0 Å². The van der Waals surface area contributed by atoms with Gasteiger partial charge in [-0.05, 0) is 12.8 Å². The molecule has 116 valence electrons. The number of sulfonamides is 1. The predicted molar refractivity (Wildman–Crippen MR) is 72.0 cm³/mol. The average Bonchev–Trinajstić information content (AvgIpc) is 2.94. The number of carboxylic acids is 1. The van der Waals surface area contributed by atoms with Crippen LogP contribution in [0.1, 0.15) is 24.2 Å². The van der Waals surface area contributed by atoms with Crippen molar-refractivity contribution >= 4 is 16.0 Å². The van der Waals surface area contributed by atoms with Crippen molar-refractivity contribution in [1.29, 1.82) is 0 Å². The maximum atomic E-state index is 12.8. The summed E-state index contributed by atoms with van der Waals surface area (Å²) in [6.07, 6.45) is 2.37. The molecule has 0 amide bonds. The Balaban J connectivity index is 1.92. The SMILES string of the molecule is O=C(O)C1Cc2nc[nH]c2CN1S(=O)(=O)C1CCOCC1. The van der Waals surface area contributed by atoms with E-state index in [1.807, 2.05) is 0 Å². The standard InChI is InChI=1S/C12H17N3O5S/c16-12(17)11-5-9-10(14-7-13-9)6-15(11)21(18,19)8-1-3-20-4-2-8/h7-8,11H,1-6H2,(H,13,14)(H,16,17). The van der Waals surface area contributed by atoms with Gasteiger partial charge in [0.1, 0.15) is 6.04 Å². The van der Waals surface area contributed by atoms with Crippen molar-refractivity contribution in [1.82, 2.24) is 14.3 Å². The fourth-order valence-corrected chi connectivity index (χ4v) is 4.86. The first kappa shape index (κ1) is 14.5. The van der Waals surface area contributed by atoms with Crippen LogP contribution in [0.25, 0.3) is 0 Å². The summed E-state index contributed by atoms with van der Waals surface area (Å²) in [5.41, 5.74) is 1.30. The molecule has 21 heavy (non-hydrogen) atoms. The lowest BCUT2D eigenvalue weighted by Crippen LogP contribution is -2.52. The maximum Gasteiger partial charge on any atom is 0.322 e. The Hall–Kier alpha value is -1.45. The molecule has 1 unspecified atom stereocenters. The van der Waals surface area contributed by atoms with Gasteiger partial charge in [-0.25, -0.2) is 13.4 Å². The molecule has 1 aromatic rings. The third kappa shape index (κ3) is 2.56. The molecule has 3 rings (SSSR count). The lowest BCUT2D eigenvalue weighted by molar-refractivity contribution is -0.141. The number of carbonyl (C=O) groups is 1. The van der Waals surface area contributed by atoms with Crippen molar-refractivity contribution in [2.24, 2.45) is 0 Å². The Morgan fingerprint density at radius 3 is 2.81 bits per heavy atom. The van der Waals surface area contributed by atoms with E-state index in [1.54, 1.807) is 0 Å². The van der Waals surface area contributed by atoms with Gasteiger partial charge in [0.15, 0.2) is 0 Å². The summed E-state index contributed by atoms with van der Waals surface area (Å²) in [6.45, 7) is 0.821. The Bertz CT molecular complexity index is 635. The van der Waals surface area contributed by atoms with E-state index in [1.165, 1.54) is 6.33 Å². The van der Waals surface area contributed by atoms with Crippen LogP contribution in [0.5, 0.6) is 0 Å². The van der Waals surface area contributed by atoms with Crippen LogP contribution in [0.2, 0.25) is 0 Å². The number of ether oxygens (including phenoxy) is 1. The van der Waals surface area contributed by atoms with Crippen molar-refractivity contribution in [3.05, 3.63) is 17.7 Å². The van der Waals surface area contributed by atoms with E-state index in [0.717, 1.165) is 4.31 Å². The third-order valence-corrected chi connectivity index (χ3v) is 6.41. The average molecular weight is 315 g/mol. The molecule has 0 aromatic carbocycles. The molecule has 0 bridgehead atoms. The minimum absolute atomic E-state index is 0.0337. The van der Waals surface area contributed by atoms with Crippen LogP contribution in [0.15, 0.2) is 6.33 Å². The Morgan fingerprint density at radius 1 is 1.43 bits per heavy atom. The highest BCUT2D eigenvalue weighted by Gasteiger charge is 2.43. The van der Waals surface area contributed by atoms with Crippen LogP contribution in [-0.2, 0) is 32.5 Å². The number of nitrogens with zero attached hydrogens (tertiary/aromatic N) is 2. The first-order chi connectivity index (χ1) is 10.00. The molecule has 0 spiro atoms. The second kappa shape index (κ2) is 5.39. The molecule has 1 saturated heterocycles. The first-order valence-corrected chi connectivity index (χ1v) is 8.33. The first-order valence-electron chi connectivity index (χ1n) is 6.82. The summed E-state index contributed by atoms with van der Waals surface area (Å²) in [4.78, 5) is 18.4. The van der Waals surface area contributed by atoms with Gasteiger partial charge in [0, 0.05) is 19.6 Å². The number of fused-ring (bicyclic) bond motifs is 1. The molecular formula is C12H17N3O5S. The number of aromatic amines is 1. The highest BCUT2D eigenvalue weighted by molar-refractivity contribution is 7.89. The smallest absolute Gasteiger partial charge is 0.322 e. The van der Waals surface area contributed by atoms with E-state index in [4.69, 9.17) is 4.74 Å². The number of aliphatic carboxylic acids is 1. The zero-order valence-electron chi connectivity index (χ0n) is 11.4. The summed E-state index contributed by atoms with van der Waals surface area (Å²) < 4.78 is 31.8. The molecule has 0 radical (unpaired) electrons. The van der Waals surface area contributed by atoms with Gasteiger partial charge >= 0.3 is 5.97 Å². The third-order valence-electron chi connectivity index (χ3n) is 4.06. The number of nitrogens with one attached hydrogen (secondary N) is 1. The lowest BCUT2D eigenvalue weighted by Gasteiger charge is -2.35. The van der Waals surface area contributed by atoms with Crippen molar-refractivity contribution < 1.29 is 23.1 Å². The van der Waals surface area contributed by atoms with Gasteiger partial charge in [0.25, 0.3) is 0 Å². The molecule has 0 aliphatic carbocycles. The van der Waals surface area contributed by atoms with Crippen LogP contribution in [0.4, 0.5) is 0 Å². The number of rotatable bonds is 3. The molecule has 1 fully saturated rings. The van der Waals surface area contributed by atoms with Gasteiger partial charge < -0.3 is 14.8 Å². The molecular weight excluding hydrogens is 298 g/mol. The van der Waals surface area contributed by atoms with Gasteiger partial charge in [0.05, 0.1) is 29.5 Å². The number of H-pyrrole nitrogens is 1. The van der Waals surface area contributed by atoms with Gasteiger partial charge in [0.2, 0.25) is 10.0 Å². The molecule has 2 aliphatic rings. The highest BCUT2D eigenvalue weighted by atomic mass is 32.2. The van der Waals surface area contributed by atoms with Gasteiger partial charge in [-0.15, -0.1) is 0 Å².